The first-order chi connectivity index (χ1) is 11.0. The minimum atomic E-state index is 0.154. The monoisotopic (exact) mass is 332 g/mol. The van der Waals surface area contributed by atoms with Crippen LogP contribution in [0.2, 0.25) is 5.02 Å². The van der Waals surface area contributed by atoms with Crippen LogP contribution in [0.1, 0.15) is 11.5 Å². The van der Waals surface area contributed by atoms with Crippen LogP contribution < -0.4 is 4.90 Å². The van der Waals surface area contributed by atoms with Crippen LogP contribution in [0.5, 0.6) is 0 Å². The van der Waals surface area contributed by atoms with Crippen molar-refractivity contribution in [1.82, 2.24) is 14.5 Å². The first kappa shape index (κ1) is 15.9. The number of nitrogens with zero attached hydrogens (tertiary/aromatic N) is 4. The number of anilines is 1. The van der Waals surface area contributed by atoms with Crippen molar-refractivity contribution in [2.75, 3.05) is 31.1 Å². The molecule has 1 aromatic carbocycles. The van der Waals surface area contributed by atoms with E-state index in [1.807, 2.05) is 53.8 Å². The van der Waals surface area contributed by atoms with Crippen LogP contribution in [-0.4, -0.2) is 46.5 Å². The summed E-state index contributed by atoms with van der Waals surface area (Å²) in [4.78, 5) is 21.0. The zero-order valence-corrected chi connectivity index (χ0v) is 14.3. The van der Waals surface area contributed by atoms with Crippen LogP contribution in [0.4, 0.5) is 5.69 Å². The van der Waals surface area contributed by atoms with Gasteiger partial charge in [-0.05, 0) is 38.1 Å². The number of carbonyl (C=O) groups is 1. The van der Waals surface area contributed by atoms with Crippen LogP contribution in [0.25, 0.3) is 0 Å². The average Bonchev–Trinajstić information content (AvgIpc) is 2.86. The number of carbonyl (C=O) groups excluding carboxylic acids is 1. The molecule has 1 saturated heterocycles. The van der Waals surface area contributed by atoms with Gasteiger partial charge in [0.2, 0.25) is 5.91 Å². The molecule has 23 heavy (non-hydrogen) atoms. The molecule has 1 fully saturated rings. The maximum Gasteiger partial charge on any atom is 0.242 e. The molecule has 0 aliphatic carbocycles. The number of aryl methyl sites for hydroxylation is 2. The van der Waals surface area contributed by atoms with E-state index in [4.69, 9.17) is 11.6 Å². The molecule has 0 saturated carbocycles. The van der Waals surface area contributed by atoms with Crippen LogP contribution in [0.3, 0.4) is 0 Å². The second-order valence-electron chi connectivity index (χ2n) is 5.90. The number of rotatable bonds is 3. The first-order valence-electron chi connectivity index (χ1n) is 7.81. The van der Waals surface area contributed by atoms with Crippen molar-refractivity contribution < 1.29 is 4.79 Å². The Morgan fingerprint density at radius 1 is 1.13 bits per heavy atom. The highest BCUT2D eigenvalue weighted by Gasteiger charge is 2.21. The van der Waals surface area contributed by atoms with Gasteiger partial charge in [0.25, 0.3) is 0 Å². The smallest absolute Gasteiger partial charge is 0.242 e. The zero-order valence-electron chi connectivity index (χ0n) is 13.5. The van der Waals surface area contributed by atoms with Gasteiger partial charge in [0.1, 0.15) is 12.4 Å². The van der Waals surface area contributed by atoms with E-state index >= 15 is 0 Å². The molecule has 1 aliphatic rings. The van der Waals surface area contributed by atoms with E-state index in [1.54, 1.807) is 0 Å². The third-order valence-electron chi connectivity index (χ3n) is 4.23. The lowest BCUT2D eigenvalue weighted by Crippen LogP contribution is -2.49. The van der Waals surface area contributed by atoms with Crippen molar-refractivity contribution in [2.24, 2.45) is 0 Å². The van der Waals surface area contributed by atoms with Gasteiger partial charge in [-0.2, -0.15) is 0 Å². The Bertz CT molecular complexity index is 687. The highest BCUT2D eigenvalue weighted by Crippen LogP contribution is 2.19. The largest absolute Gasteiger partial charge is 0.368 e. The van der Waals surface area contributed by atoms with Gasteiger partial charge in [-0.15, -0.1) is 0 Å². The summed E-state index contributed by atoms with van der Waals surface area (Å²) in [5.74, 6) is 1.04. The summed E-state index contributed by atoms with van der Waals surface area (Å²) >= 11 is 5.93. The lowest BCUT2D eigenvalue weighted by atomic mass is 10.2. The van der Waals surface area contributed by atoms with E-state index < -0.39 is 0 Å². The molecule has 0 unspecified atom stereocenters. The molecule has 6 heteroatoms. The molecule has 1 amide bonds. The molecule has 0 radical (unpaired) electrons. The Balaban J connectivity index is 1.57. The van der Waals surface area contributed by atoms with Gasteiger partial charge in [0.15, 0.2) is 0 Å². The van der Waals surface area contributed by atoms with Crippen molar-refractivity contribution in [2.45, 2.75) is 20.4 Å². The van der Waals surface area contributed by atoms with Crippen molar-refractivity contribution >= 4 is 23.2 Å². The van der Waals surface area contributed by atoms with E-state index in [0.717, 1.165) is 48.4 Å². The van der Waals surface area contributed by atoms with Gasteiger partial charge in [-0.1, -0.05) is 11.6 Å². The summed E-state index contributed by atoms with van der Waals surface area (Å²) in [5, 5.41) is 0.744. The van der Waals surface area contributed by atoms with E-state index in [-0.39, 0.29) is 5.91 Å². The number of piperazine rings is 1. The molecule has 3 rings (SSSR count). The number of aromatic nitrogens is 2. The van der Waals surface area contributed by atoms with E-state index in [1.165, 1.54) is 0 Å². The van der Waals surface area contributed by atoms with Crippen LogP contribution in [-0.2, 0) is 11.3 Å². The zero-order chi connectivity index (χ0) is 16.4. The molecular formula is C17H21ClN4O. The van der Waals surface area contributed by atoms with E-state index in [2.05, 4.69) is 9.88 Å². The predicted molar refractivity (Wildman–Crippen MR) is 91.9 cm³/mol. The van der Waals surface area contributed by atoms with Gasteiger partial charge in [0.05, 0.1) is 5.69 Å². The Hall–Kier alpha value is -2.01. The molecule has 5 nitrogen and oxygen atoms in total. The third-order valence-corrected chi connectivity index (χ3v) is 4.48. The summed E-state index contributed by atoms with van der Waals surface area (Å²) in [5.41, 5.74) is 2.10. The van der Waals surface area contributed by atoms with Gasteiger partial charge in [-0.25, -0.2) is 4.98 Å². The number of imidazole rings is 1. The summed E-state index contributed by atoms with van der Waals surface area (Å²) < 4.78 is 1.92. The quantitative estimate of drug-likeness (QED) is 0.867. The van der Waals surface area contributed by atoms with Gasteiger partial charge in [0, 0.05) is 43.1 Å². The number of amides is 1. The number of halogens is 1. The van der Waals surface area contributed by atoms with Crippen molar-refractivity contribution in [3.63, 3.8) is 0 Å². The second-order valence-corrected chi connectivity index (χ2v) is 6.34. The third kappa shape index (κ3) is 3.67. The molecule has 0 N–H and O–H groups in total. The lowest BCUT2D eigenvalue weighted by molar-refractivity contribution is -0.132. The SMILES string of the molecule is Cc1cn(CC(=O)N2CCN(c3ccc(Cl)cc3)CC2)c(C)n1. The van der Waals surface area contributed by atoms with Crippen molar-refractivity contribution in [1.29, 1.82) is 0 Å². The molecule has 0 spiro atoms. The molecule has 1 aliphatic heterocycles. The molecule has 2 heterocycles. The van der Waals surface area contributed by atoms with Gasteiger partial charge < -0.3 is 14.4 Å². The van der Waals surface area contributed by atoms with E-state index in [0.29, 0.717) is 6.54 Å². The van der Waals surface area contributed by atoms with Crippen LogP contribution in [0, 0.1) is 13.8 Å². The molecule has 0 bridgehead atoms. The van der Waals surface area contributed by atoms with Crippen molar-refractivity contribution in [3.8, 4) is 0 Å². The Morgan fingerprint density at radius 2 is 1.78 bits per heavy atom. The molecule has 2 aromatic rings. The van der Waals surface area contributed by atoms with Gasteiger partial charge in [-0.3, -0.25) is 4.79 Å². The highest BCUT2D eigenvalue weighted by molar-refractivity contribution is 6.30. The molecule has 0 atom stereocenters. The summed E-state index contributed by atoms with van der Waals surface area (Å²) in [6, 6.07) is 7.85. The lowest BCUT2D eigenvalue weighted by Gasteiger charge is -2.36. The summed E-state index contributed by atoms with van der Waals surface area (Å²) in [6.45, 7) is 7.41. The number of hydrogen-bond donors (Lipinski definition) is 0. The minimum Gasteiger partial charge on any atom is -0.368 e. The topological polar surface area (TPSA) is 41.4 Å². The minimum absolute atomic E-state index is 0.154. The molecule has 1 aromatic heterocycles. The second kappa shape index (κ2) is 6.62. The highest BCUT2D eigenvalue weighted by atomic mass is 35.5. The maximum absolute atomic E-state index is 12.5. The van der Waals surface area contributed by atoms with Crippen LogP contribution >= 0.6 is 11.6 Å². The summed E-state index contributed by atoms with van der Waals surface area (Å²) in [7, 11) is 0. The van der Waals surface area contributed by atoms with Gasteiger partial charge >= 0.3 is 0 Å². The average molecular weight is 333 g/mol. The Kier molecular flexibility index (Phi) is 4.57. The molecule has 122 valence electrons. The Morgan fingerprint density at radius 3 is 2.35 bits per heavy atom. The predicted octanol–water partition coefficient (Wildman–Crippen LogP) is 2.50. The number of benzene rings is 1. The number of hydrogen-bond acceptors (Lipinski definition) is 3. The van der Waals surface area contributed by atoms with Crippen molar-refractivity contribution in [3.05, 3.63) is 47.0 Å². The fourth-order valence-electron chi connectivity index (χ4n) is 2.94. The van der Waals surface area contributed by atoms with Crippen LogP contribution in [0.15, 0.2) is 30.5 Å². The standard InChI is InChI=1S/C17H21ClN4O/c1-13-11-22(14(2)19-13)12-17(23)21-9-7-20(8-10-21)16-5-3-15(18)4-6-16/h3-6,11H,7-10,12H2,1-2H3. The van der Waals surface area contributed by atoms with E-state index in [9.17, 15) is 4.79 Å². The normalized spacial score (nSPS) is 15.1. The molecular weight excluding hydrogens is 312 g/mol. The maximum atomic E-state index is 12.5. The fraction of sp³-hybridized carbons (Fsp3) is 0.412. The fourth-order valence-corrected chi connectivity index (χ4v) is 3.06. The first-order valence-corrected chi connectivity index (χ1v) is 8.19. The summed E-state index contributed by atoms with van der Waals surface area (Å²) in [6.07, 6.45) is 1.93. The Labute approximate surface area is 141 Å².